The number of anilines is 1. The third-order valence-electron chi connectivity index (χ3n) is 5.66. The summed E-state index contributed by atoms with van der Waals surface area (Å²) in [6.07, 6.45) is 4.38. The molecule has 0 spiro atoms. The predicted octanol–water partition coefficient (Wildman–Crippen LogP) is 2.49. The second kappa shape index (κ2) is 7.58. The topological polar surface area (TPSA) is 45.1 Å². The molecule has 0 saturated carbocycles. The van der Waals surface area contributed by atoms with E-state index in [1.807, 2.05) is 12.3 Å². The van der Waals surface area contributed by atoms with Gasteiger partial charge in [0.2, 0.25) is 0 Å². The van der Waals surface area contributed by atoms with Crippen molar-refractivity contribution in [2.45, 2.75) is 38.9 Å². The first kappa shape index (κ1) is 16.6. The van der Waals surface area contributed by atoms with Crippen LogP contribution in [0.15, 0.2) is 36.5 Å². The summed E-state index contributed by atoms with van der Waals surface area (Å²) < 4.78 is 2.08. The highest BCUT2D eigenvalue weighted by Crippen LogP contribution is 2.18. The number of likely N-dealkylation sites (tertiary alicyclic amines) is 1. The molecule has 5 heteroatoms. The number of nitrogens with one attached hydrogen (secondary N) is 2. The van der Waals surface area contributed by atoms with E-state index < -0.39 is 0 Å². The van der Waals surface area contributed by atoms with Gasteiger partial charge in [0.25, 0.3) is 0 Å². The van der Waals surface area contributed by atoms with Gasteiger partial charge in [-0.1, -0.05) is 24.3 Å². The van der Waals surface area contributed by atoms with Gasteiger partial charge >= 0.3 is 0 Å². The summed E-state index contributed by atoms with van der Waals surface area (Å²) in [4.78, 5) is 2.60. The SMILES string of the molecule is Cc1ccccc1CN1CCC(NC[C@@H]2CNc3ccnn3C2)CC1. The Balaban J connectivity index is 1.20. The van der Waals surface area contributed by atoms with Crippen LogP contribution in [-0.2, 0) is 13.1 Å². The fourth-order valence-electron chi connectivity index (χ4n) is 3.98. The van der Waals surface area contributed by atoms with Crippen molar-refractivity contribution in [3.05, 3.63) is 47.7 Å². The zero-order valence-electron chi connectivity index (χ0n) is 15.1. The molecule has 0 aliphatic carbocycles. The van der Waals surface area contributed by atoms with Gasteiger partial charge in [0.15, 0.2) is 0 Å². The van der Waals surface area contributed by atoms with Crippen LogP contribution < -0.4 is 10.6 Å². The van der Waals surface area contributed by atoms with Crippen LogP contribution in [0.25, 0.3) is 0 Å². The molecule has 25 heavy (non-hydrogen) atoms. The fraction of sp³-hybridized carbons (Fsp3) is 0.550. The molecule has 0 bridgehead atoms. The number of rotatable bonds is 5. The number of nitrogens with zero attached hydrogens (tertiary/aromatic N) is 3. The summed E-state index contributed by atoms with van der Waals surface area (Å²) >= 11 is 0. The average molecular weight is 339 g/mol. The standard InChI is InChI=1S/C20H29N5/c1-16-4-2-3-5-18(16)15-24-10-7-19(8-11-24)21-12-17-13-22-20-6-9-23-25(20)14-17/h2-6,9,17,19,21-22H,7-8,10-15H2,1H3/t17-/m1/s1. The minimum Gasteiger partial charge on any atom is -0.370 e. The molecule has 1 atom stereocenters. The largest absolute Gasteiger partial charge is 0.370 e. The highest BCUT2D eigenvalue weighted by atomic mass is 15.3. The van der Waals surface area contributed by atoms with Crippen molar-refractivity contribution in [1.29, 1.82) is 0 Å². The molecular weight excluding hydrogens is 310 g/mol. The number of piperidine rings is 1. The van der Waals surface area contributed by atoms with E-state index in [1.54, 1.807) is 0 Å². The summed E-state index contributed by atoms with van der Waals surface area (Å²) in [6, 6.07) is 11.5. The second-order valence-electron chi connectivity index (χ2n) is 7.53. The van der Waals surface area contributed by atoms with Crippen molar-refractivity contribution in [2.75, 3.05) is 31.5 Å². The molecule has 0 radical (unpaired) electrons. The van der Waals surface area contributed by atoms with Crippen molar-refractivity contribution >= 4 is 5.82 Å². The Morgan fingerprint density at radius 3 is 2.88 bits per heavy atom. The van der Waals surface area contributed by atoms with Crippen molar-refractivity contribution < 1.29 is 0 Å². The second-order valence-corrected chi connectivity index (χ2v) is 7.53. The molecule has 2 aliphatic heterocycles. The normalized spacial score (nSPS) is 21.7. The molecule has 2 N–H and O–H groups in total. The Hall–Kier alpha value is -1.85. The Kier molecular flexibility index (Phi) is 5.04. The quantitative estimate of drug-likeness (QED) is 0.878. The number of fused-ring (bicyclic) bond motifs is 1. The molecule has 1 aromatic carbocycles. The Morgan fingerprint density at radius 1 is 1.20 bits per heavy atom. The smallest absolute Gasteiger partial charge is 0.124 e. The Morgan fingerprint density at radius 2 is 2.04 bits per heavy atom. The van der Waals surface area contributed by atoms with Crippen LogP contribution >= 0.6 is 0 Å². The number of aromatic nitrogens is 2. The first-order valence-corrected chi connectivity index (χ1v) is 9.54. The fourth-order valence-corrected chi connectivity index (χ4v) is 3.98. The van der Waals surface area contributed by atoms with E-state index in [-0.39, 0.29) is 0 Å². The van der Waals surface area contributed by atoms with Crippen LogP contribution in [0.5, 0.6) is 0 Å². The molecule has 5 nitrogen and oxygen atoms in total. The lowest BCUT2D eigenvalue weighted by Crippen LogP contribution is -2.45. The van der Waals surface area contributed by atoms with E-state index in [0.717, 1.165) is 32.0 Å². The van der Waals surface area contributed by atoms with Crippen LogP contribution in [0.1, 0.15) is 24.0 Å². The van der Waals surface area contributed by atoms with Crippen LogP contribution in [0, 0.1) is 12.8 Å². The molecular formula is C20H29N5. The van der Waals surface area contributed by atoms with Crippen molar-refractivity contribution in [3.63, 3.8) is 0 Å². The summed E-state index contributed by atoms with van der Waals surface area (Å²) in [5.41, 5.74) is 2.88. The van der Waals surface area contributed by atoms with Crippen LogP contribution in [0.3, 0.4) is 0 Å². The van der Waals surface area contributed by atoms with Gasteiger partial charge in [0, 0.05) is 44.2 Å². The third kappa shape index (κ3) is 4.05. The van der Waals surface area contributed by atoms with E-state index in [1.165, 1.54) is 37.1 Å². The molecule has 2 aliphatic rings. The predicted molar refractivity (Wildman–Crippen MR) is 102 cm³/mol. The zero-order chi connectivity index (χ0) is 17.1. The first-order chi connectivity index (χ1) is 12.3. The molecule has 0 unspecified atom stereocenters. The summed E-state index contributed by atoms with van der Waals surface area (Å²) in [6.45, 7) is 8.84. The molecule has 3 heterocycles. The molecule has 2 aromatic rings. The van der Waals surface area contributed by atoms with Crippen molar-refractivity contribution in [3.8, 4) is 0 Å². The van der Waals surface area contributed by atoms with E-state index in [2.05, 4.69) is 56.5 Å². The van der Waals surface area contributed by atoms with E-state index in [9.17, 15) is 0 Å². The maximum Gasteiger partial charge on any atom is 0.124 e. The van der Waals surface area contributed by atoms with Gasteiger partial charge in [-0.2, -0.15) is 5.10 Å². The Bertz CT molecular complexity index is 687. The van der Waals surface area contributed by atoms with Crippen molar-refractivity contribution in [1.82, 2.24) is 20.0 Å². The minimum absolute atomic E-state index is 0.623. The number of aryl methyl sites for hydroxylation is 1. The first-order valence-electron chi connectivity index (χ1n) is 9.54. The number of benzene rings is 1. The number of hydrogen-bond acceptors (Lipinski definition) is 4. The van der Waals surface area contributed by atoms with Gasteiger partial charge in [-0.25, -0.2) is 4.68 Å². The van der Waals surface area contributed by atoms with E-state index in [4.69, 9.17) is 0 Å². The van der Waals surface area contributed by atoms with Gasteiger partial charge in [0.1, 0.15) is 5.82 Å². The minimum atomic E-state index is 0.623. The molecule has 1 fully saturated rings. The lowest BCUT2D eigenvalue weighted by atomic mass is 10.0. The van der Waals surface area contributed by atoms with Crippen molar-refractivity contribution in [2.24, 2.45) is 5.92 Å². The summed E-state index contributed by atoms with van der Waals surface area (Å²) in [7, 11) is 0. The lowest BCUT2D eigenvalue weighted by molar-refractivity contribution is 0.186. The lowest BCUT2D eigenvalue weighted by Gasteiger charge is -2.34. The van der Waals surface area contributed by atoms with Crippen LogP contribution in [-0.4, -0.2) is 46.9 Å². The van der Waals surface area contributed by atoms with Gasteiger partial charge in [-0.15, -0.1) is 0 Å². The highest BCUT2D eigenvalue weighted by Gasteiger charge is 2.22. The molecule has 1 saturated heterocycles. The molecule has 0 amide bonds. The van der Waals surface area contributed by atoms with Gasteiger partial charge < -0.3 is 10.6 Å². The summed E-state index contributed by atoms with van der Waals surface area (Å²) in [5.74, 6) is 1.78. The van der Waals surface area contributed by atoms with E-state index >= 15 is 0 Å². The maximum absolute atomic E-state index is 4.38. The zero-order valence-corrected chi connectivity index (χ0v) is 15.1. The van der Waals surface area contributed by atoms with Gasteiger partial charge in [-0.3, -0.25) is 4.90 Å². The molecule has 134 valence electrons. The van der Waals surface area contributed by atoms with Crippen LogP contribution in [0.2, 0.25) is 0 Å². The molecule has 4 rings (SSSR count). The summed E-state index contributed by atoms with van der Waals surface area (Å²) in [5, 5.41) is 11.7. The third-order valence-corrected chi connectivity index (χ3v) is 5.66. The Labute approximate surface area is 150 Å². The van der Waals surface area contributed by atoms with E-state index in [0.29, 0.717) is 12.0 Å². The average Bonchev–Trinajstić information content (AvgIpc) is 3.11. The monoisotopic (exact) mass is 339 g/mol. The van der Waals surface area contributed by atoms with Crippen LogP contribution in [0.4, 0.5) is 5.82 Å². The number of hydrogen-bond donors (Lipinski definition) is 2. The maximum atomic E-state index is 4.38. The molecule has 1 aromatic heterocycles. The highest BCUT2D eigenvalue weighted by molar-refractivity contribution is 5.35. The van der Waals surface area contributed by atoms with Gasteiger partial charge in [0.05, 0.1) is 6.20 Å². The van der Waals surface area contributed by atoms with Gasteiger partial charge in [-0.05, 0) is 44.0 Å².